The maximum absolute atomic E-state index is 4.60. The van der Waals surface area contributed by atoms with Crippen molar-refractivity contribution in [3.8, 4) is 11.4 Å². The Morgan fingerprint density at radius 2 is 2.32 bits per heavy atom. The molecule has 102 valence electrons. The largest absolute Gasteiger partial charge is 0.337 e. The van der Waals surface area contributed by atoms with Crippen LogP contribution in [0, 0.1) is 0 Å². The first-order valence-electron chi connectivity index (χ1n) is 5.99. The molecule has 0 saturated carbocycles. The van der Waals surface area contributed by atoms with Gasteiger partial charge in [-0.25, -0.2) is 0 Å². The van der Waals surface area contributed by atoms with E-state index in [1.165, 1.54) is 0 Å². The zero-order chi connectivity index (χ0) is 13.4. The Bertz CT molecular complexity index is 581. The van der Waals surface area contributed by atoms with Crippen LogP contribution in [-0.2, 0) is 0 Å². The highest BCUT2D eigenvalue weighted by Gasteiger charge is 2.20. The van der Waals surface area contributed by atoms with E-state index >= 15 is 0 Å². The second-order valence-electron chi connectivity index (χ2n) is 4.52. The second kappa shape index (κ2) is 5.51. The minimum atomic E-state index is 0.470. The SMILES string of the molecule is C[C@@H]1CN(c2n[nH]c(-c3cc(Br)sc3Br)n2)CCN1. The molecule has 1 aliphatic heterocycles. The maximum Gasteiger partial charge on any atom is 0.245 e. The molecule has 0 aromatic carbocycles. The first kappa shape index (κ1) is 13.5. The molecule has 0 bridgehead atoms. The van der Waals surface area contributed by atoms with Gasteiger partial charge in [0.05, 0.1) is 7.57 Å². The predicted molar refractivity (Wildman–Crippen MR) is 84.8 cm³/mol. The second-order valence-corrected chi connectivity index (χ2v) is 8.27. The fourth-order valence-corrected chi connectivity index (χ4v) is 4.94. The molecular formula is C11H13Br2N5S. The number of H-pyrrole nitrogens is 1. The minimum absolute atomic E-state index is 0.470. The highest BCUT2D eigenvalue weighted by molar-refractivity contribution is 9.12. The van der Waals surface area contributed by atoms with Gasteiger partial charge >= 0.3 is 0 Å². The van der Waals surface area contributed by atoms with Gasteiger partial charge in [-0.15, -0.1) is 16.4 Å². The molecule has 3 rings (SSSR count). The Morgan fingerprint density at radius 3 is 3.00 bits per heavy atom. The van der Waals surface area contributed by atoms with E-state index < -0.39 is 0 Å². The summed E-state index contributed by atoms with van der Waals surface area (Å²) in [5.41, 5.74) is 1.04. The monoisotopic (exact) mass is 405 g/mol. The van der Waals surface area contributed by atoms with Gasteiger partial charge in [0.15, 0.2) is 5.82 Å². The summed E-state index contributed by atoms with van der Waals surface area (Å²) in [6.07, 6.45) is 0. The van der Waals surface area contributed by atoms with Crippen molar-refractivity contribution in [2.24, 2.45) is 0 Å². The molecule has 0 unspecified atom stereocenters. The molecule has 1 fully saturated rings. The molecule has 1 aliphatic rings. The summed E-state index contributed by atoms with van der Waals surface area (Å²) in [5, 5.41) is 10.8. The third kappa shape index (κ3) is 2.86. The van der Waals surface area contributed by atoms with Crippen molar-refractivity contribution >= 4 is 49.1 Å². The van der Waals surface area contributed by atoms with E-state index in [1.807, 2.05) is 6.07 Å². The standard InChI is InChI=1S/C11H13Br2N5S/c1-6-5-18(3-2-14-6)11-15-10(16-17-11)7-4-8(12)19-9(7)13/h4,6,14H,2-3,5H2,1H3,(H,15,16,17)/t6-/m1/s1. The van der Waals surface area contributed by atoms with Crippen LogP contribution in [0.4, 0.5) is 5.95 Å². The highest BCUT2D eigenvalue weighted by Crippen LogP contribution is 2.37. The number of aromatic amines is 1. The molecule has 0 radical (unpaired) electrons. The molecule has 19 heavy (non-hydrogen) atoms. The van der Waals surface area contributed by atoms with E-state index in [0.29, 0.717) is 6.04 Å². The predicted octanol–water partition coefficient (Wildman–Crippen LogP) is 2.86. The van der Waals surface area contributed by atoms with Gasteiger partial charge in [-0.3, -0.25) is 5.10 Å². The molecule has 2 N–H and O–H groups in total. The van der Waals surface area contributed by atoms with Crippen molar-refractivity contribution in [3.05, 3.63) is 13.6 Å². The first-order chi connectivity index (χ1) is 9.13. The van der Waals surface area contributed by atoms with Crippen LogP contribution in [0.3, 0.4) is 0 Å². The molecule has 8 heteroatoms. The summed E-state index contributed by atoms with van der Waals surface area (Å²) in [4.78, 5) is 6.80. The van der Waals surface area contributed by atoms with Crippen molar-refractivity contribution in [3.63, 3.8) is 0 Å². The Balaban J connectivity index is 1.85. The third-order valence-corrected chi connectivity index (χ3v) is 5.38. The normalized spacial score (nSPS) is 19.9. The summed E-state index contributed by atoms with van der Waals surface area (Å²) in [7, 11) is 0. The lowest BCUT2D eigenvalue weighted by molar-refractivity contribution is 0.480. The van der Waals surface area contributed by atoms with Crippen LogP contribution in [0.15, 0.2) is 13.6 Å². The molecular weight excluding hydrogens is 394 g/mol. The lowest BCUT2D eigenvalue weighted by atomic mass is 10.2. The average molecular weight is 407 g/mol. The van der Waals surface area contributed by atoms with Gasteiger partial charge in [-0.2, -0.15) is 4.98 Å². The Labute approximate surface area is 132 Å². The first-order valence-corrected chi connectivity index (χ1v) is 8.39. The van der Waals surface area contributed by atoms with Gasteiger partial charge in [-0.1, -0.05) is 0 Å². The molecule has 0 spiro atoms. The van der Waals surface area contributed by atoms with Gasteiger partial charge in [0.1, 0.15) is 0 Å². The minimum Gasteiger partial charge on any atom is -0.337 e. The number of hydrogen-bond donors (Lipinski definition) is 2. The molecule has 0 aliphatic carbocycles. The summed E-state index contributed by atoms with van der Waals surface area (Å²) < 4.78 is 2.12. The van der Waals surface area contributed by atoms with Gasteiger partial charge in [0.2, 0.25) is 5.95 Å². The number of nitrogens with one attached hydrogen (secondary N) is 2. The van der Waals surface area contributed by atoms with Gasteiger partial charge < -0.3 is 10.2 Å². The van der Waals surface area contributed by atoms with Crippen molar-refractivity contribution in [2.45, 2.75) is 13.0 Å². The third-order valence-electron chi connectivity index (χ3n) is 3.04. The molecule has 5 nitrogen and oxygen atoms in total. The van der Waals surface area contributed by atoms with Crippen LogP contribution < -0.4 is 10.2 Å². The number of anilines is 1. The average Bonchev–Trinajstić information content (AvgIpc) is 2.96. The zero-order valence-electron chi connectivity index (χ0n) is 10.3. The fraction of sp³-hybridized carbons (Fsp3) is 0.455. The topological polar surface area (TPSA) is 56.8 Å². The van der Waals surface area contributed by atoms with Crippen molar-refractivity contribution in [1.82, 2.24) is 20.5 Å². The zero-order valence-corrected chi connectivity index (χ0v) is 14.3. The molecule has 1 saturated heterocycles. The van der Waals surface area contributed by atoms with Crippen molar-refractivity contribution in [2.75, 3.05) is 24.5 Å². The number of hydrogen-bond acceptors (Lipinski definition) is 5. The fourth-order valence-electron chi connectivity index (χ4n) is 2.13. The smallest absolute Gasteiger partial charge is 0.245 e. The number of piperazine rings is 1. The Kier molecular flexibility index (Phi) is 3.93. The molecule has 0 amide bonds. The molecule has 3 heterocycles. The quantitative estimate of drug-likeness (QED) is 0.804. The van der Waals surface area contributed by atoms with Gasteiger partial charge in [0.25, 0.3) is 0 Å². The molecule has 1 atom stereocenters. The van der Waals surface area contributed by atoms with Crippen LogP contribution in [0.5, 0.6) is 0 Å². The van der Waals surface area contributed by atoms with E-state index in [4.69, 9.17) is 0 Å². The van der Waals surface area contributed by atoms with Crippen molar-refractivity contribution < 1.29 is 0 Å². The lowest BCUT2D eigenvalue weighted by Gasteiger charge is -2.30. The Hall–Kier alpha value is -0.440. The number of aromatic nitrogens is 3. The van der Waals surface area contributed by atoms with E-state index in [9.17, 15) is 0 Å². The van der Waals surface area contributed by atoms with E-state index in [2.05, 4.69) is 64.2 Å². The van der Waals surface area contributed by atoms with Crippen LogP contribution >= 0.6 is 43.2 Å². The number of rotatable bonds is 2. The number of thiophene rings is 1. The van der Waals surface area contributed by atoms with E-state index in [-0.39, 0.29) is 0 Å². The summed E-state index contributed by atoms with van der Waals surface area (Å²) in [6, 6.07) is 2.51. The van der Waals surface area contributed by atoms with Crippen LogP contribution in [-0.4, -0.2) is 40.9 Å². The van der Waals surface area contributed by atoms with E-state index in [0.717, 1.165) is 44.5 Å². The van der Waals surface area contributed by atoms with E-state index in [1.54, 1.807) is 11.3 Å². The summed E-state index contributed by atoms with van der Waals surface area (Å²) in [6.45, 7) is 5.02. The van der Waals surface area contributed by atoms with Crippen molar-refractivity contribution in [1.29, 1.82) is 0 Å². The number of nitrogens with zero attached hydrogens (tertiary/aromatic N) is 3. The van der Waals surface area contributed by atoms with Crippen LogP contribution in [0.1, 0.15) is 6.92 Å². The van der Waals surface area contributed by atoms with Gasteiger partial charge in [0, 0.05) is 31.2 Å². The maximum atomic E-state index is 4.60. The van der Waals surface area contributed by atoms with Crippen LogP contribution in [0.25, 0.3) is 11.4 Å². The van der Waals surface area contributed by atoms with Gasteiger partial charge in [-0.05, 0) is 44.8 Å². The Morgan fingerprint density at radius 1 is 1.47 bits per heavy atom. The number of halogens is 2. The molecule has 2 aromatic rings. The highest BCUT2D eigenvalue weighted by atomic mass is 79.9. The lowest BCUT2D eigenvalue weighted by Crippen LogP contribution is -2.49. The summed E-state index contributed by atoms with van der Waals surface area (Å²) >= 11 is 8.66. The molecule has 2 aromatic heterocycles. The summed E-state index contributed by atoms with van der Waals surface area (Å²) in [5.74, 6) is 1.58. The van der Waals surface area contributed by atoms with Crippen LogP contribution in [0.2, 0.25) is 0 Å².